The first-order valence-electron chi connectivity index (χ1n) is 9.98. The van der Waals surface area contributed by atoms with Gasteiger partial charge in [-0.3, -0.25) is 14.6 Å². The SMILES string of the molecule is C[C@H]1CN(CC(=O)Nc2ccccc2Cl)CCN1C[C@@H](O)COc1ccccc1F. The van der Waals surface area contributed by atoms with Gasteiger partial charge in [0.1, 0.15) is 12.7 Å². The van der Waals surface area contributed by atoms with Crippen LogP contribution in [0.5, 0.6) is 5.75 Å². The van der Waals surface area contributed by atoms with Gasteiger partial charge in [-0.1, -0.05) is 35.9 Å². The number of carbonyl (C=O) groups excluding carboxylic acids is 1. The summed E-state index contributed by atoms with van der Waals surface area (Å²) in [6.07, 6.45) is -0.734. The summed E-state index contributed by atoms with van der Waals surface area (Å²) in [5, 5.41) is 13.6. The Balaban J connectivity index is 1.41. The van der Waals surface area contributed by atoms with Gasteiger partial charge in [0.15, 0.2) is 11.6 Å². The molecule has 1 aliphatic rings. The average molecular weight is 436 g/mol. The van der Waals surface area contributed by atoms with E-state index in [0.717, 1.165) is 6.54 Å². The van der Waals surface area contributed by atoms with Crippen molar-refractivity contribution in [2.75, 3.05) is 44.6 Å². The summed E-state index contributed by atoms with van der Waals surface area (Å²) in [4.78, 5) is 16.6. The van der Waals surface area contributed by atoms with Crippen LogP contribution in [0.3, 0.4) is 0 Å². The molecule has 162 valence electrons. The number of β-amino-alcohol motifs (C(OH)–C–C–N with tert-alkyl or cyclic N) is 1. The molecule has 0 saturated carbocycles. The predicted octanol–water partition coefficient (Wildman–Crippen LogP) is 2.86. The van der Waals surface area contributed by atoms with Crippen molar-refractivity contribution in [3.63, 3.8) is 0 Å². The third kappa shape index (κ3) is 6.40. The Morgan fingerprint density at radius 3 is 2.73 bits per heavy atom. The molecule has 1 aliphatic heterocycles. The summed E-state index contributed by atoms with van der Waals surface area (Å²) < 4.78 is 19.0. The Labute approximate surface area is 181 Å². The number of para-hydroxylation sites is 2. The lowest BCUT2D eigenvalue weighted by Gasteiger charge is -2.40. The zero-order valence-corrected chi connectivity index (χ0v) is 17.7. The minimum absolute atomic E-state index is 0.0219. The fourth-order valence-electron chi connectivity index (χ4n) is 3.51. The number of benzene rings is 2. The number of aliphatic hydroxyl groups is 1. The third-order valence-electron chi connectivity index (χ3n) is 5.08. The number of anilines is 1. The number of piperazine rings is 1. The molecule has 1 heterocycles. The van der Waals surface area contributed by atoms with E-state index in [9.17, 15) is 14.3 Å². The van der Waals surface area contributed by atoms with Crippen LogP contribution in [0, 0.1) is 5.82 Å². The zero-order chi connectivity index (χ0) is 21.5. The number of nitrogens with one attached hydrogen (secondary N) is 1. The monoisotopic (exact) mass is 435 g/mol. The highest BCUT2D eigenvalue weighted by atomic mass is 35.5. The van der Waals surface area contributed by atoms with Crippen LogP contribution in [-0.2, 0) is 4.79 Å². The van der Waals surface area contributed by atoms with E-state index in [2.05, 4.69) is 22.0 Å². The molecule has 30 heavy (non-hydrogen) atoms. The number of hydrogen-bond acceptors (Lipinski definition) is 5. The van der Waals surface area contributed by atoms with Crippen molar-refractivity contribution in [3.8, 4) is 5.75 Å². The Hall–Kier alpha value is -2.19. The lowest BCUT2D eigenvalue weighted by molar-refractivity contribution is -0.118. The quantitative estimate of drug-likeness (QED) is 0.667. The molecular formula is C22H27ClFN3O3. The molecule has 0 bridgehead atoms. The van der Waals surface area contributed by atoms with Crippen LogP contribution >= 0.6 is 11.6 Å². The number of carbonyl (C=O) groups is 1. The van der Waals surface area contributed by atoms with Crippen molar-refractivity contribution in [1.29, 1.82) is 0 Å². The number of rotatable bonds is 8. The molecule has 2 N–H and O–H groups in total. The van der Waals surface area contributed by atoms with Crippen LogP contribution in [0.1, 0.15) is 6.92 Å². The summed E-state index contributed by atoms with van der Waals surface area (Å²) in [5.74, 6) is -0.414. The van der Waals surface area contributed by atoms with E-state index in [1.807, 2.05) is 12.1 Å². The molecule has 3 rings (SSSR count). The minimum atomic E-state index is -0.734. The number of ether oxygens (including phenoxy) is 1. The predicted molar refractivity (Wildman–Crippen MR) is 115 cm³/mol. The van der Waals surface area contributed by atoms with Crippen molar-refractivity contribution in [1.82, 2.24) is 9.80 Å². The number of halogens is 2. The summed E-state index contributed by atoms with van der Waals surface area (Å²) in [6, 6.07) is 13.4. The van der Waals surface area contributed by atoms with Gasteiger partial charge < -0.3 is 15.2 Å². The van der Waals surface area contributed by atoms with Gasteiger partial charge in [0.05, 0.1) is 17.3 Å². The summed E-state index contributed by atoms with van der Waals surface area (Å²) >= 11 is 6.09. The van der Waals surface area contributed by atoms with E-state index in [1.165, 1.54) is 12.1 Å². The first-order valence-corrected chi connectivity index (χ1v) is 10.4. The van der Waals surface area contributed by atoms with Crippen molar-refractivity contribution >= 4 is 23.2 Å². The molecule has 1 saturated heterocycles. The lowest BCUT2D eigenvalue weighted by Crippen LogP contribution is -2.55. The molecule has 1 amide bonds. The lowest BCUT2D eigenvalue weighted by atomic mass is 10.1. The maximum atomic E-state index is 13.6. The van der Waals surface area contributed by atoms with E-state index < -0.39 is 11.9 Å². The highest BCUT2D eigenvalue weighted by molar-refractivity contribution is 6.33. The van der Waals surface area contributed by atoms with Gasteiger partial charge in [0.2, 0.25) is 5.91 Å². The molecular weight excluding hydrogens is 409 g/mol. The maximum Gasteiger partial charge on any atom is 0.238 e. The van der Waals surface area contributed by atoms with Crippen LogP contribution in [-0.4, -0.2) is 72.3 Å². The molecule has 2 aromatic carbocycles. The van der Waals surface area contributed by atoms with E-state index in [-0.39, 0.29) is 30.9 Å². The maximum absolute atomic E-state index is 13.6. The number of nitrogens with zero attached hydrogens (tertiary/aromatic N) is 2. The van der Waals surface area contributed by atoms with Gasteiger partial charge in [-0.25, -0.2) is 4.39 Å². The molecule has 2 atom stereocenters. The number of amides is 1. The van der Waals surface area contributed by atoms with Gasteiger partial charge in [-0.2, -0.15) is 0 Å². The van der Waals surface area contributed by atoms with E-state index in [4.69, 9.17) is 16.3 Å². The fraction of sp³-hybridized carbons (Fsp3) is 0.409. The summed E-state index contributed by atoms with van der Waals surface area (Å²) in [5.41, 5.74) is 0.605. The number of hydrogen-bond donors (Lipinski definition) is 2. The van der Waals surface area contributed by atoms with E-state index in [1.54, 1.807) is 24.3 Å². The zero-order valence-electron chi connectivity index (χ0n) is 16.9. The van der Waals surface area contributed by atoms with Crippen LogP contribution < -0.4 is 10.1 Å². The second-order valence-electron chi connectivity index (χ2n) is 7.50. The Morgan fingerprint density at radius 1 is 1.27 bits per heavy atom. The molecule has 6 nitrogen and oxygen atoms in total. The Kier molecular flexibility index (Phi) is 8.04. The van der Waals surface area contributed by atoms with Crippen LogP contribution in [0.2, 0.25) is 5.02 Å². The smallest absolute Gasteiger partial charge is 0.238 e. The molecule has 0 aliphatic carbocycles. The molecule has 1 fully saturated rings. The average Bonchev–Trinajstić information content (AvgIpc) is 2.71. The highest BCUT2D eigenvalue weighted by Gasteiger charge is 2.26. The molecule has 0 unspecified atom stereocenters. The van der Waals surface area contributed by atoms with Crippen molar-refractivity contribution in [2.45, 2.75) is 19.1 Å². The topological polar surface area (TPSA) is 65.0 Å². The first kappa shape index (κ1) is 22.5. The Morgan fingerprint density at radius 2 is 2.00 bits per heavy atom. The molecule has 0 spiro atoms. The first-order chi connectivity index (χ1) is 14.4. The third-order valence-corrected chi connectivity index (χ3v) is 5.41. The molecule has 2 aromatic rings. The highest BCUT2D eigenvalue weighted by Crippen LogP contribution is 2.20. The largest absolute Gasteiger partial charge is 0.488 e. The van der Waals surface area contributed by atoms with E-state index in [0.29, 0.717) is 30.3 Å². The van der Waals surface area contributed by atoms with Crippen molar-refractivity contribution in [3.05, 3.63) is 59.4 Å². The second kappa shape index (κ2) is 10.7. The molecule has 0 aromatic heterocycles. The van der Waals surface area contributed by atoms with Crippen LogP contribution in [0.4, 0.5) is 10.1 Å². The summed E-state index contributed by atoms with van der Waals surface area (Å²) in [7, 11) is 0. The van der Waals surface area contributed by atoms with Crippen molar-refractivity contribution in [2.24, 2.45) is 0 Å². The van der Waals surface area contributed by atoms with Gasteiger partial charge in [0, 0.05) is 32.2 Å². The molecule has 0 radical (unpaired) electrons. The number of aliphatic hydroxyl groups excluding tert-OH is 1. The van der Waals surface area contributed by atoms with Gasteiger partial charge in [-0.05, 0) is 31.2 Å². The molecule has 8 heteroatoms. The Bertz CT molecular complexity index is 854. The van der Waals surface area contributed by atoms with Gasteiger partial charge in [-0.15, -0.1) is 0 Å². The standard InChI is InChI=1S/C22H27ClFN3O3/c1-16-12-26(14-22(29)25-20-8-4-2-6-18(20)23)10-11-27(16)13-17(28)15-30-21-9-5-3-7-19(21)24/h2-9,16-17,28H,10-15H2,1H3,(H,25,29)/t16-,17+/m0/s1. The van der Waals surface area contributed by atoms with E-state index >= 15 is 0 Å². The van der Waals surface area contributed by atoms with Crippen molar-refractivity contribution < 1.29 is 19.0 Å². The van der Waals surface area contributed by atoms with Gasteiger partial charge in [0.25, 0.3) is 0 Å². The summed E-state index contributed by atoms with van der Waals surface area (Å²) in [6.45, 7) is 4.92. The fourth-order valence-corrected chi connectivity index (χ4v) is 3.70. The van der Waals surface area contributed by atoms with Crippen LogP contribution in [0.15, 0.2) is 48.5 Å². The normalized spacial score (nSPS) is 18.7. The van der Waals surface area contributed by atoms with Gasteiger partial charge >= 0.3 is 0 Å². The minimum Gasteiger partial charge on any atom is -0.488 e. The second-order valence-corrected chi connectivity index (χ2v) is 7.91. The van der Waals surface area contributed by atoms with Crippen LogP contribution in [0.25, 0.3) is 0 Å².